The van der Waals surface area contributed by atoms with Crippen molar-refractivity contribution in [3.05, 3.63) is 0 Å². The third-order valence-corrected chi connectivity index (χ3v) is 4.94. The fourth-order valence-electron chi connectivity index (χ4n) is 2.49. The molecule has 3 nitrogen and oxygen atoms in total. The van der Waals surface area contributed by atoms with Crippen LogP contribution in [-0.2, 0) is 9.53 Å². The van der Waals surface area contributed by atoms with Crippen LogP contribution >= 0.6 is 11.6 Å². The molecule has 1 aliphatic heterocycles. The third kappa shape index (κ3) is 3.61. The van der Waals surface area contributed by atoms with Crippen LogP contribution in [0.2, 0.25) is 0 Å². The van der Waals surface area contributed by atoms with Crippen molar-refractivity contribution < 1.29 is 9.53 Å². The first-order chi connectivity index (χ1) is 8.62. The van der Waals surface area contributed by atoms with Gasteiger partial charge in [-0.15, -0.1) is 11.6 Å². The summed E-state index contributed by atoms with van der Waals surface area (Å²) in [5.41, 5.74) is 0.0401. The van der Waals surface area contributed by atoms with E-state index in [0.717, 1.165) is 25.7 Å². The molecule has 1 aliphatic rings. The van der Waals surface area contributed by atoms with E-state index in [1.165, 1.54) is 0 Å². The van der Waals surface area contributed by atoms with E-state index < -0.39 is 0 Å². The van der Waals surface area contributed by atoms with Crippen LogP contribution in [-0.4, -0.2) is 31.0 Å². The molecule has 0 aliphatic carbocycles. The van der Waals surface area contributed by atoms with Gasteiger partial charge in [-0.2, -0.15) is 0 Å². The summed E-state index contributed by atoms with van der Waals surface area (Å²) < 4.78 is 5.56. The van der Waals surface area contributed by atoms with Crippen molar-refractivity contribution in [1.82, 2.24) is 5.32 Å². The average Bonchev–Trinajstić information content (AvgIpc) is 2.89. The fraction of sp³-hybridized carbons (Fsp3) is 0.929. The van der Waals surface area contributed by atoms with Gasteiger partial charge < -0.3 is 10.1 Å². The maximum absolute atomic E-state index is 12.2. The highest BCUT2D eigenvalue weighted by molar-refractivity contribution is 6.18. The van der Waals surface area contributed by atoms with Gasteiger partial charge in [0.05, 0.1) is 12.0 Å². The van der Waals surface area contributed by atoms with E-state index in [-0.39, 0.29) is 23.3 Å². The minimum absolute atomic E-state index is 0.0248. The summed E-state index contributed by atoms with van der Waals surface area (Å²) in [4.78, 5) is 12.2. The predicted molar refractivity (Wildman–Crippen MR) is 74.9 cm³/mol. The fourth-order valence-corrected chi connectivity index (χ4v) is 2.97. The summed E-state index contributed by atoms with van der Waals surface area (Å²) in [6.45, 7) is 7.71. The summed E-state index contributed by atoms with van der Waals surface area (Å²) in [6.07, 6.45) is 3.83. The van der Waals surface area contributed by atoms with Gasteiger partial charge in [0.2, 0.25) is 5.91 Å². The lowest BCUT2D eigenvalue weighted by Crippen LogP contribution is -2.42. The van der Waals surface area contributed by atoms with E-state index >= 15 is 0 Å². The normalized spacial score (nSPS) is 24.2. The number of amides is 1. The van der Waals surface area contributed by atoms with Crippen molar-refractivity contribution in [2.75, 3.05) is 19.0 Å². The molecule has 1 fully saturated rings. The second kappa shape index (κ2) is 7.34. The van der Waals surface area contributed by atoms with Crippen LogP contribution in [0.3, 0.4) is 0 Å². The lowest BCUT2D eigenvalue weighted by atomic mass is 9.84. The first-order valence-electron chi connectivity index (χ1n) is 7.07. The van der Waals surface area contributed by atoms with Gasteiger partial charge in [-0.1, -0.05) is 20.8 Å². The Morgan fingerprint density at radius 1 is 1.39 bits per heavy atom. The maximum atomic E-state index is 12.2. The maximum Gasteiger partial charge on any atom is 0.225 e. The summed E-state index contributed by atoms with van der Waals surface area (Å²) in [7, 11) is 0. The molecule has 18 heavy (non-hydrogen) atoms. The molecule has 4 heteroatoms. The highest BCUT2D eigenvalue weighted by atomic mass is 35.5. The van der Waals surface area contributed by atoms with Gasteiger partial charge in [-0.25, -0.2) is 0 Å². The van der Waals surface area contributed by atoms with E-state index in [1.807, 2.05) is 0 Å². The molecular formula is C14H26ClNO2. The molecule has 0 bridgehead atoms. The lowest BCUT2D eigenvalue weighted by Gasteiger charge is -2.30. The lowest BCUT2D eigenvalue weighted by molar-refractivity contribution is -0.127. The van der Waals surface area contributed by atoms with Crippen molar-refractivity contribution in [3.8, 4) is 0 Å². The number of hydrogen-bond acceptors (Lipinski definition) is 2. The van der Waals surface area contributed by atoms with Crippen molar-refractivity contribution >= 4 is 17.5 Å². The SMILES string of the molecule is CCC1OCCC1C(=O)NCC(CC)(CC)CCl. The van der Waals surface area contributed by atoms with Crippen LogP contribution < -0.4 is 5.32 Å². The molecule has 1 amide bonds. The van der Waals surface area contributed by atoms with Gasteiger partial charge in [0.25, 0.3) is 0 Å². The van der Waals surface area contributed by atoms with Crippen LogP contribution in [0.1, 0.15) is 46.5 Å². The van der Waals surface area contributed by atoms with Crippen molar-refractivity contribution in [2.45, 2.75) is 52.6 Å². The molecule has 106 valence electrons. The monoisotopic (exact) mass is 275 g/mol. The van der Waals surface area contributed by atoms with Gasteiger partial charge in [-0.3, -0.25) is 4.79 Å². The number of hydrogen-bond donors (Lipinski definition) is 1. The molecule has 1 saturated heterocycles. The summed E-state index contributed by atoms with van der Waals surface area (Å²) >= 11 is 6.05. The Labute approximate surface area is 116 Å². The molecule has 0 aromatic rings. The molecule has 1 heterocycles. The smallest absolute Gasteiger partial charge is 0.225 e. The van der Waals surface area contributed by atoms with E-state index in [1.54, 1.807) is 0 Å². The summed E-state index contributed by atoms with van der Waals surface area (Å²) in [5.74, 6) is 0.756. The van der Waals surface area contributed by atoms with E-state index in [0.29, 0.717) is 19.0 Å². The molecule has 1 rings (SSSR count). The first kappa shape index (κ1) is 15.8. The van der Waals surface area contributed by atoms with Crippen molar-refractivity contribution in [1.29, 1.82) is 0 Å². The van der Waals surface area contributed by atoms with E-state index in [2.05, 4.69) is 26.1 Å². The Balaban J connectivity index is 2.49. The topological polar surface area (TPSA) is 38.3 Å². The minimum Gasteiger partial charge on any atom is -0.377 e. The van der Waals surface area contributed by atoms with Crippen LogP contribution in [0.15, 0.2) is 0 Å². The Hall–Kier alpha value is -0.280. The quantitative estimate of drug-likeness (QED) is 0.726. The van der Waals surface area contributed by atoms with E-state index in [9.17, 15) is 4.79 Å². The standard InChI is InChI=1S/C14H26ClNO2/c1-4-12-11(7-8-18-12)13(17)16-10-14(5-2,6-3)9-15/h11-12H,4-10H2,1-3H3,(H,16,17). The van der Waals surface area contributed by atoms with Crippen molar-refractivity contribution in [2.24, 2.45) is 11.3 Å². The molecular weight excluding hydrogens is 250 g/mol. The number of halogens is 1. The van der Waals surface area contributed by atoms with Crippen LogP contribution in [0.4, 0.5) is 0 Å². The predicted octanol–water partition coefficient (Wildman–Crippen LogP) is 2.96. The minimum atomic E-state index is 0.0248. The Bertz CT molecular complexity index is 258. The van der Waals surface area contributed by atoms with Crippen LogP contribution in [0, 0.1) is 11.3 Å². The van der Waals surface area contributed by atoms with Gasteiger partial charge in [0.15, 0.2) is 0 Å². The van der Waals surface area contributed by atoms with Gasteiger partial charge in [0, 0.05) is 24.4 Å². The molecule has 0 spiro atoms. The van der Waals surface area contributed by atoms with Crippen molar-refractivity contribution in [3.63, 3.8) is 0 Å². The molecule has 0 radical (unpaired) electrons. The van der Waals surface area contributed by atoms with Gasteiger partial charge >= 0.3 is 0 Å². The van der Waals surface area contributed by atoms with E-state index in [4.69, 9.17) is 16.3 Å². The number of nitrogens with one attached hydrogen (secondary N) is 1. The van der Waals surface area contributed by atoms with Crippen LogP contribution in [0.5, 0.6) is 0 Å². The summed E-state index contributed by atoms with van der Waals surface area (Å²) in [5, 5.41) is 3.08. The summed E-state index contributed by atoms with van der Waals surface area (Å²) in [6, 6.07) is 0. The average molecular weight is 276 g/mol. The Kier molecular flexibility index (Phi) is 6.44. The number of ether oxygens (including phenoxy) is 1. The Morgan fingerprint density at radius 3 is 2.56 bits per heavy atom. The number of alkyl halides is 1. The highest BCUT2D eigenvalue weighted by Gasteiger charge is 2.34. The zero-order valence-electron chi connectivity index (χ0n) is 11.8. The van der Waals surface area contributed by atoms with Crippen LogP contribution in [0.25, 0.3) is 0 Å². The molecule has 0 aromatic heterocycles. The number of carbonyl (C=O) groups excluding carboxylic acids is 1. The number of carbonyl (C=O) groups is 1. The largest absolute Gasteiger partial charge is 0.377 e. The molecule has 2 atom stereocenters. The molecule has 0 aromatic carbocycles. The number of rotatable bonds is 7. The third-order valence-electron chi connectivity index (χ3n) is 4.37. The second-order valence-electron chi connectivity index (χ2n) is 5.27. The van der Waals surface area contributed by atoms with Gasteiger partial charge in [-0.05, 0) is 25.7 Å². The van der Waals surface area contributed by atoms with Gasteiger partial charge in [0.1, 0.15) is 0 Å². The zero-order chi connectivity index (χ0) is 13.6. The second-order valence-corrected chi connectivity index (χ2v) is 5.54. The highest BCUT2D eigenvalue weighted by Crippen LogP contribution is 2.28. The first-order valence-corrected chi connectivity index (χ1v) is 7.61. The molecule has 0 saturated carbocycles. The molecule has 1 N–H and O–H groups in total. The Morgan fingerprint density at radius 2 is 2.06 bits per heavy atom. The zero-order valence-corrected chi connectivity index (χ0v) is 12.6. The molecule has 2 unspecified atom stereocenters.